The van der Waals surface area contributed by atoms with Crippen LogP contribution in [0.5, 0.6) is 5.75 Å². The van der Waals surface area contributed by atoms with Crippen molar-refractivity contribution in [1.29, 1.82) is 0 Å². The van der Waals surface area contributed by atoms with E-state index < -0.39 is 0 Å². The molecule has 1 heterocycles. The third kappa shape index (κ3) is 4.22. The normalized spacial score (nSPS) is 11.5. The summed E-state index contributed by atoms with van der Waals surface area (Å²) in [6, 6.07) is 18.2. The van der Waals surface area contributed by atoms with Gasteiger partial charge in [-0.25, -0.2) is 0 Å². The Morgan fingerprint density at radius 2 is 1.54 bits per heavy atom. The molecular weight excluding hydrogens is 300 g/mol. The molecule has 0 atom stereocenters. The summed E-state index contributed by atoms with van der Waals surface area (Å²) >= 11 is 0. The van der Waals surface area contributed by atoms with Crippen LogP contribution < -0.4 is 4.74 Å². The van der Waals surface area contributed by atoms with E-state index in [9.17, 15) is 0 Å². The minimum atomic E-state index is 0.136. The molecule has 0 bridgehead atoms. The Morgan fingerprint density at radius 3 is 2.21 bits per heavy atom. The summed E-state index contributed by atoms with van der Waals surface area (Å²) in [6.45, 7) is 6.84. The second-order valence-electron chi connectivity index (χ2n) is 6.81. The molecule has 0 radical (unpaired) electrons. The molecule has 0 aliphatic carbocycles. The van der Waals surface area contributed by atoms with Gasteiger partial charge in [0.15, 0.2) is 6.61 Å². The summed E-state index contributed by atoms with van der Waals surface area (Å²) in [5.74, 6) is 1.88. The molecule has 0 aliphatic rings. The van der Waals surface area contributed by atoms with E-state index in [4.69, 9.17) is 9.15 Å². The average Bonchev–Trinajstić information content (AvgIpc) is 3.01. The van der Waals surface area contributed by atoms with Crippen molar-refractivity contribution in [3.63, 3.8) is 0 Å². The molecule has 0 amide bonds. The maximum absolute atomic E-state index is 5.73. The first kappa shape index (κ1) is 16.2. The summed E-state index contributed by atoms with van der Waals surface area (Å²) in [6.07, 6.45) is 0.633. The van der Waals surface area contributed by atoms with E-state index in [1.54, 1.807) is 0 Å². The van der Waals surface area contributed by atoms with Crippen molar-refractivity contribution < 1.29 is 9.15 Å². The highest BCUT2D eigenvalue weighted by Crippen LogP contribution is 2.24. The third-order valence-corrected chi connectivity index (χ3v) is 3.79. The van der Waals surface area contributed by atoms with Gasteiger partial charge in [-0.05, 0) is 28.7 Å². The van der Waals surface area contributed by atoms with E-state index in [1.165, 1.54) is 5.56 Å². The second kappa shape index (κ2) is 6.87. The lowest BCUT2D eigenvalue weighted by atomic mass is 9.87. The lowest BCUT2D eigenvalue weighted by Crippen LogP contribution is -2.10. The Bertz CT molecular complexity index is 771. The molecule has 0 saturated carbocycles. The summed E-state index contributed by atoms with van der Waals surface area (Å²) in [7, 11) is 0. The van der Waals surface area contributed by atoms with Gasteiger partial charge in [0, 0.05) is 0 Å². The minimum Gasteiger partial charge on any atom is -0.484 e. The molecule has 0 aliphatic heterocycles. The molecule has 124 valence electrons. The Kier molecular flexibility index (Phi) is 4.65. The van der Waals surface area contributed by atoms with Gasteiger partial charge in [-0.2, -0.15) is 0 Å². The standard InChI is InChI=1S/C20H22N2O2/c1-20(2,3)16-9-11-17(12-10-16)23-14-19-22-21-18(24-19)13-15-7-5-4-6-8-15/h4-12H,13-14H2,1-3H3. The van der Waals surface area contributed by atoms with Crippen molar-refractivity contribution in [2.45, 2.75) is 39.2 Å². The molecule has 2 aromatic carbocycles. The maximum Gasteiger partial charge on any atom is 0.253 e. The van der Waals surface area contributed by atoms with Crippen LogP contribution in [0.2, 0.25) is 0 Å². The summed E-state index contributed by atoms with van der Waals surface area (Å²) in [4.78, 5) is 0. The zero-order chi connectivity index (χ0) is 17.0. The molecule has 4 nitrogen and oxygen atoms in total. The molecule has 4 heteroatoms. The van der Waals surface area contributed by atoms with Crippen molar-refractivity contribution in [2.75, 3.05) is 0 Å². The third-order valence-electron chi connectivity index (χ3n) is 3.79. The summed E-state index contributed by atoms with van der Waals surface area (Å²) < 4.78 is 11.4. The monoisotopic (exact) mass is 322 g/mol. The molecular formula is C20H22N2O2. The smallest absolute Gasteiger partial charge is 0.253 e. The lowest BCUT2D eigenvalue weighted by Gasteiger charge is -2.19. The van der Waals surface area contributed by atoms with Crippen LogP contribution in [0.1, 0.15) is 43.7 Å². The van der Waals surface area contributed by atoms with Crippen LogP contribution in [0.25, 0.3) is 0 Å². The average molecular weight is 322 g/mol. The number of nitrogens with zero attached hydrogens (tertiary/aromatic N) is 2. The van der Waals surface area contributed by atoms with Crippen LogP contribution in [0, 0.1) is 0 Å². The second-order valence-corrected chi connectivity index (χ2v) is 6.81. The zero-order valence-corrected chi connectivity index (χ0v) is 14.3. The number of rotatable bonds is 5. The molecule has 3 rings (SSSR count). The summed E-state index contributed by atoms with van der Waals surface area (Å²) in [5, 5.41) is 8.12. The molecule has 0 fully saturated rings. The van der Waals surface area contributed by atoms with E-state index in [-0.39, 0.29) is 12.0 Å². The van der Waals surface area contributed by atoms with Gasteiger partial charge < -0.3 is 9.15 Å². The van der Waals surface area contributed by atoms with Gasteiger partial charge in [-0.15, -0.1) is 10.2 Å². The molecule has 0 unspecified atom stereocenters. The van der Waals surface area contributed by atoms with Gasteiger partial charge in [-0.1, -0.05) is 63.2 Å². The highest BCUT2D eigenvalue weighted by Gasteiger charge is 2.13. The minimum absolute atomic E-state index is 0.136. The zero-order valence-electron chi connectivity index (χ0n) is 14.3. The first-order valence-corrected chi connectivity index (χ1v) is 8.09. The molecule has 24 heavy (non-hydrogen) atoms. The number of hydrogen-bond donors (Lipinski definition) is 0. The van der Waals surface area contributed by atoms with Gasteiger partial charge in [0.25, 0.3) is 5.89 Å². The Balaban J connectivity index is 1.57. The van der Waals surface area contributed by atoms with Gasteiger partial charge in [0.2, 0.25) is 5.89 Å². The number of ether oxygens (including phenoxy) is 1. The van der Waals surface area contributed by atoms with Crippen molar-refractivity contribution in [3.8, 4) is 5.75 Å². The van der Waals surface area contributed by atoms with Crippen molar-refractivity contribution in [1.82, 2.24) is 10.2 Å². The molecule has 3 aromatic rings. The number of aromatic nitrogens is 2. The van der Waals surface area contributed by atoms with Gasteiger partial charge in [-0.3, -0.25) is 0 Å². The maximum atomic E-state index is 5.73. The topological polar surface area (TPSA) is 48.2 Å². The van der Waals surface area contributed by atoms with Gasteiger partial charge in [0.05, 0.1) is 6.42 Å². The number of hydrogen-bond acceptors (Lipinski definition) is 4. The van der Waals surface area contributed by atoms with Crippen LogP contribution in [0.15, 0.2) is 59.0 Å². The largest absolute Gasteiger partial charge is 0.484 e. The van der Waals surface area contributed by atoms with E-state index in [2.05, 4.69) is 43.1 Å². The molecule has 0 N–H and O–H groups in total. The SMILES string of the molecule is CC(C)(C)c1ccc(OCc2nnc(Cc3ccccc3)o2)cc1. The molecule has 1 aromatic heterocycles. The van der Waals surface area contributed by atoms with Crippen LogP contribution in [-0.2, 0) is 18.4 Å². The van der Waals surface area contributed by atoms with E-state index in [0.717, 1.165) is 11.3 Å². The predicted molar refractivity (Wildman–Crippen MR) is 93.0 cm³/mol. The fourth-order valence-electron chi connectivity index (χ4n) is 2.38. The Morgan fingerprint density at radius 1 is 0.875 bits per heavy atom. The molecule has 0 saturated heterocycles. The van der Waals surface area contributed by atoms with Gasteiger partial charge >= 0.3 is 0 Å². The quantitative estimate of drug-likeness (QED) is 0.692. The first-order valence-electron chi connectivity index (χ1n) is 8.09. The number of benzene rings is 2. The van der Waals surface area contributed by atoms with E-state index >= 15 is 0 Å². The van der Waals surface area contributed by atoms with E-state index in [0.29, 0.717) is 18.2 Å². The Labute approximate surface area is 142 Å². The Hall–Kier alpha value is -2.62. The fraction of sp³-hybridized carbons (Fsp3) is 0.300. The van der Waals surface area contributed by atoms with Crippen molar-refractivity contribution in [3.05, 3.63) is 77.5 Å². The van der Waals surface area contributed by atoms with Crippen LogP contribution >= 0.6 is 0 Å². The fourth-order valence-corrected chi connectivity index (χ4v) is 2.38. The highest BCUT2D eigenvalue weighted by molar-refractivity contribution is 5.31. The van der Waals surface area contributed by atoms with Crippen LogP contribution in [-0.4, -0.2) is 10.2 Å². The predicted octanol–water partition coefficient (Wildman–Crippen LogP) is 4.54. The summed E-state index contributed by atoms with van der Waals surface area (Å²) in [5.41, 5.74) is 2.56. The van der Waals surface area contributed by atoms with E-state index in [1.807, 2.05) is 42.5 Å². The van der Waals surface area contributed by atoms with Crippen molar-refractivity contribution in [2.24, 2.45) is 0 Å². The molecule has 0 spiro atoms. The van der Waals surface area contributed by atoms with Crippen LogP contribution in [0.4, 0.5) is 0 Å². The lowest BCUT2D eigenvalue weighted by molar-refractivity contribution is 0.259. The van der Waals surface area contributed by atoms with Gasteiger partial charge in [0.1, 0.15) is 5.75 Å². The first-order chi connectivity index (χ1) is 11.5. The van der Waals surface area contributed by atoms with Crippen molar-refractivity contribution >= 4 is 0 Å². The highest BCUT2D eigenvalue weighted by atomic mass is 16.5. The van der Waals surface area contributed by atoms with Crippen LogP contribution in [0.3, 0.4) is 0 Å².